The lowest BCUT2D eigenvalue weighted by Gasteiger charge is -2.27. The van der Waals surface area contributed by atoms with Gasteiger partial charge in [-0.2, -0.15) is 5.10 Å². The molecule has 1 aliphatic heterocycles. The molecule has 2 aliphatic rings. The summed E-state index contributed by atoms with van der Waals surface area (Å²) in [4.78, 5) is 29.4. The van der Waals surface area contributed by atoms with Crippen LogP contribution in [0.5, 0.6) is 0 Å². The van der Waals surface area contributed by atoms with Crippen molar-refractivity contribution in [3.63, 3.8) is 0 Å². The molecule has 0 radical (unpaired) electrons. The molecule has 22 heavy (non-hydrogen) atoms. The molecular weight excluding hydrogens is 284 g/mol. The first kappa shape index (κ1) is 15.0. The summed E-state index contributed by atoms with van der Waals surface area (Å²) in [6.07, 6.45) is 6.08. The largest absolute Gasteiger partial charge is 0.481 e. The second-order valence-corrected chi connectivity index (χ2v) is 6.46. The number of aromatic amines is 1. The van der Waals surface area contributed by atoms with Crippen molar-refractivity contribution in [2.45, 2.75) is 44.4 Å². The number of carbonyl (C=O) groups is 2. The van der Waals surface area contributed by atoms with Gasteiger partial charge in [-0.25, -0.2) is 4.98 Å². The summed E-state index contributed by atoms with van der Waals surface area (Å²) in [5.41, 5.74) is 0. The first-order valence-electron chi connectivity index (χ1n) is 7.99. The summed E-state index contributed by atoms with van der Waals surface area (Å²) in [7, 11) is 0. The van der Waals surface area contributed by atoms with Gasteiger partial charge in [0, 0.05) is 25.4 Å². The number of likely N-dealkylation sites (tertiary alicyclic amines) is 1. The van der Waals surface area contributed by atoms with Crippen LogP contribution >= 0.6 is 0 Å². The Morgan fingerprint density at radius 3 is 2.68 bits per heavy atom. The molecule has 2 fully saturated rings. The molecule has 0 aromatic carbocycles. The molecule has 1 atom stereocenters. The van der Waals surface area contributed by atoms with Crippen molar-refractivity contribution in [1.82, 2.24) is 20.1 Å². The van der Waals surface area contributed by atoms with Crippen LogP contribution in [-0.4, -0.2) is 50.2 Å². The van der Waals surface area contributed by atoms with Crippen LogP contribution in [0.2, 0.25) is 0 Å². The number of aliphatic carboxylic acids is 1. The van der Waals surface area contributed by atoms with Gasteiger partial charge in [0.1, 0.15) is 12.2 Å². The molecule has 0 bridgehead atoms. The van der Waals surface area contributed by atoms with E-state index < -0.39 is 5.97 Å². The van der Waals surface area contributed by atoms with Crippen LogP contribution in [0, 0.1) is 11.8 Å². The maximum atomic E-state index is 12.4. The van der Waals surface area contributed by atoms with Gasteiger partial charge in [0.25, 0.3) is 0 Å². The zero-order valence-electron chi connectivity index (χ0n) is 12.6. The fourth-order valence-electron chi connectivity index (χ4n) is 3.61. The standard InChI is InChI=1S/C15H22N4O3/c20-13(7-10-1-3-11(4-2-10)15(21)22)19-6-5-12(8-19)14-16-9-17-18-14/h9-12H,1-8H2,(H,21,22)(H,16,17,18). The highest BCUT2D eigenvalue weighted by molar-refractivity contribution is 5.77. The summed E-state index contributed by atoms with van der Waals surface area (Å²) in [6, 6.07) is 0. The van der Waals surface area contributed by atoms with Gasteiger partial charge in [0.2, 0.25) is 5.91 Å². The van der Waals surface area contributed by atoms with Crippen molar-refractivity contribution >= 4 is 11.9 Å². The molecule has 7 nitrogen and oxygen atoms in total. The predicted molar refractivity (Wildman–Crippen MR) is 78.0 cm³/mol. The number of amides is 1. The minimum Gasteiger partial charge on any atom is -0.481 e. The van der Waals surface area contributed by atoms with E-state index in [-0.39, 0.29) is 17.7 Å². The van der Waals surface area contributed by atoms with Crippen LogP contribution < -0.4 is 0 Å². The van der Waals surface area contributed by atoms with Crippen molar-refractivity contribution in [3.05, 3.63) is 12.2 Å². The Morgan fingerprint density at radius 2 is 2.05 bits per heavy atom. The van der Waals surface area contributed by atoms with Crippen LogP contribution in [0.15, 0.2) is 6.33 Å². The number of nitrogens with one attached hydrogen (secondary N) is 1. The SMILES string of the molecule is O=C(O)C1CCC(CC(=O)N2CCC(c3ncn[nH]3)C2)CC1. The van der Waals surface area contributed by atoms with E-state index in [0.717, 1.165) is 31.6 Å². The smallest absolute Gasteiger partial charge is 0.306 e. The van der Waals surface area contributed by atoms with Gasteiger partial charge in [-0.1, -0.05) is 0 Å². The van der Waals surface area contributed by atoms with Crippen molar-refractivity contribution in [2.24, 2.45) is 11.8 Å². The van der Waals surface area contributed by atoms with Gasteiger partial charge in [-0.15, -0.1) is 0 Å². The second-order valence-electron chi connectivity index (χ2n) is 6.46. The molecule has 1 aromatic heterocycles. The Kier molecular flexibility index (Phi) is 4.40. The predicted octanol–water partition coefficient (Wildman–Crippen LogP) is 1.40. The normalized spacial score (nSPS) is 28.7. The maximum absolute atomic E-state index is 12.4. The molecule has 1 aromatic rings. The molecule has 1 aliphatic carbocycles. The molecule has 2 heterocycles. The monoisotopic (exact) mass is 306 g/mol. The van der Waals surface area contributed by atoms with E-state index in [2.05, 4.69) is 15.2 Å². The Balaban J connectivity index is 1.46. The van der Waals surface area contributed by atoms with E-state index >= 15 is 0 Å². The van der Waals surface area contributed by atoms with E-state index in [9.17, 15) is 9.59 Å². The van der Waals surface area contributed by atoms with Crippen molar-refractivity contribution in [3.8, 4) is 0 Å². The zero-order chi connectivity index (χ0) is 15.5. The number of aromatic nitrogens is 3. The first-order valence-corrected chi connectivity index (χ1v) is 7.99. The van der Waals surface area contributed by atoms with E-state index in [0.29, 0.717) is 31.7 Å². The van der Waals surface area contributed by atoms with Crippen LogP contribution in [0.25, 0.3) is 0 Å². The molecule has 1 amide bonds. The number of rotatable bonds is 4. The van der Waals surface area contributed by atoms with Crippen molar-refractivity contribution < 1.29 is 14.7 Å². The zero-order valence-corrected chi connectivity index (χ0v) is 12.6. The quantitative estimate of drug-likeness (QED) is 0.876. The Bertz CT molecular complexity index is 523. The summed E-state index contributed by atoms with van der Waals surface area (Å²) in [6.45, 7) is 1.48. The van der Waals surface area contributed by atoms with Gasteiger partial charge in [-0.3, -0.25) is 14.7 Å². The molecule has 3 rings (SSSR count). The van der Waals surface area contributed by atoms with E-state index in [1.165, 1.54) is 6.33 Å². The molecule has 0 spiro atoms. The molecule has 1 saturated heterocycles. The van der Waals surface area contributed by atoms with Crippen molar-refractivity contribution in [1.29, 1.82) is 0 Å². The Morgan fingerprint density at radius 1 is 1.27 bits per heavy atom. The average Bonchev–Trinajstić information content (AvgIpc) is 3.19. The second kappa shape index (κ2) is 6.46. The lowest BCUT2D eigenvalue weighted by Crippen LogP contribution is -2.31. The van der Waals surface area contributed by atoms with Gasteiger partial charge in [-0.05, 0) is 38.0 Å². The highest BCUT2D eigenvalue weighted by atomic mass is 16.4. The fourth-order valence-corrected chi connectivity index (χ4v) is 3.61. The molecular formula is C15H22N4O3. The third kappa shape index (κ3) is 3.28. The summed E-state index contributed by atoms with van der Waals surface area (Å²) >= 11 is 0. The topological polar surface area (TPSA) is 99.2 Å². The van der Waals surface area contributed by atoms with Crippen LogP contribution in [0.1, 0.15) is 50.3 Å². The summed E-state index contributed by atoms with van der Waals surface area (Å²) < 4.78 is 0. The Labute approximate surface area is 129 Å². The number of hydrogen-bond acceptors (Lipinski definition) is 4. The van der Waals surface area contributed by atoms with Crippen LogP contribution in [-0.2, 0) is 9.59 Å². The lowest BCUT2D eigenvalue weighted by molar-refractivity contribution is -0.143. The third-order valence-corrected chi connectivity index (χ3v) is 5.02. The first-order chi connectivity index (χ1) is 10.6. The number of nitrogens with zero attached hydrogens (tertiary/aromatic N) is 3. The van der Waals surface area contributed by atoms with Gasteiger partial charge >= 0.3 is 5.97 Å². The third-order valence-electron chi connectivity index (χ3n) is 5.02. The van der Waals surface area contributed by atoms with E-state index in [1.54, 1.807) is 0 Å². The summed E-state index contributed by atoms with van der Waals surface area (Å²) in [5.74, 6) is 0.743. The molecule has 2 N–H and O–H groups in total. The average molecular weight is 306 g/mol. The van der Waals surface area contributed by atoms with Gasteiger partial charge in [0.05, 0.1) is 5.92 Å². The highest BCUT2D eigenvalue weighted by Gasteiger charge is 2.32. The number of carboxylic acid groups (broad SMARTS) is 1. The van der Waals surface area contributed by atoms with E-state index in [4.69, 9.17) is 5.11 Å². The van der Waals surface area contributed by atoms with E-state index in [1.807, 2.05) is 4.90 Å². The lowest BCUT2D eigenvalue weighted by atomic mass is 9.80. The number of carboxylic acids is 1. The minimum absolute atomic E-state index is 0.195. The number of H-pyrrole nitrogens is 1. The maximum Gasteiger partial charge on any atom is 0.306 e. The molecule has 7 heteroatoms. The summed E-state index contributed by atoms with van der Waals surface area (Å²) in [5, 5.41) is 15.8. The van der Waals surface area contributed by atoms with Crippen LogP contribution in [0.4, 0.5) is 0 Å². The molecule has 1 saturated carbocycles. The Hall–Kier alpha value is -1.92. The minimum atomic E-state index is -0.695. The van der Waals surface area contributed by atoms with Gasteiger partial charge < -0.3 is 10.0 Å². The highest BCUT2D eigenvalue weighted by Crippen LogP contribution is 2.32. The number of carbonyl (C=O) groups excluding carboxylic acids is 1. The fraction of sp³-hybridized carbons (Fsp3) is 0.733. The van der Waals surface area contributed by atoms with Crippen molar-refractivity contribution in [2.75, 3.05) is 13.1 Å². The molecule has 1 unspecified atom stereocenters. The van der Waals surface area contributed by atoms with Crippen LogP contribution in [0.3, 0.4) is 0 Å². The van der Waals surface area contributed by atoms with Gasteiger partial charge in [0.15, 0.2) is 0 Å². The molecule has 120 valence electrons. The number of hydrogen-bond donors (Lipinski definition) is 2.